The standard InChI is InChI=1S/C23H27N3O6S/c1-15(16-7-9-17(10-8-16)33(4,29)30)25-22(27)6-5-11-26-14-24-19-13-21(32-3)20(31-2)12-18(19)23(26)28/h7-10,12-15H,5-6,11H2,1-4H3,(H,25,27)/t15-/m0/s1. The summed E-state index contributed by atoms with van der Waals surface area (Å²) in [5.41, 5.74) is 1.08. The lowest BCUT2D eigenvalue weighted by atomic mass is 10.1. The zero-order chi connectivity index (χ0) is 24.2. The molecule has 0 fully saturated rings. The van der Waals surface area contributed by atoms with Gasteiger partial charge in [-0.05, 0) is 37.1 Å². The fourth-order valence-corrected chi connectivity index (χ4v) is 4.09. The molecule has 9 nitrogen and oxygen atoms in total. The van der Waals surface area contributed by atoms with Crippen molar-refractivity contribution in [1.82, 2.24) is 14.9 Å². The van der Waals surface area contributed by atoms with E-state index in [-0.39, 0.29) is 28.8 Å². The lowest BCUT2D eigenvalue weighted by Crippen LogP contribution is -2.27. The highest BCUT2D eigenvalue weighted by Gasteiger charge is 2.13. The summed E-state index contributed by atoms with van der Waals surface area (Å²) in [6.45, 7) is 2.16. The number of sulfone groups is 1. The van der Waals surface area contributed by atoms with Gasteiger partial charge in [0.05, 0.1) is 42.4 Å². The number of amides is 1. The monoisotopic (exact) mass is 473 g/mol. The summed E-state index contributed by atoms with van der Waals surface area (Å²) in [5.74, 6) is 0.772. The van der Waals surface area contributed by atoms with Crippen LogP contribution in [0.3, 0.4) is 0 Å². The van der Waals surface area contributed by atoms with Gasteiger partial charge in [-0.25, -0.2) is 13.4 Å². The molecule has 1 heterocycles. The van der Waals surface area contributed by atoms with Crippen molar-refractivity contribution in [2.75, 3.05) is 20.5 Å². The van der Waals surface area contributed by atoms with E-state index in [0.717, 1.165) is 11.8 Å². The van der Waals surface area contributed by atoms with Crippen molar-refractivity contribution in [3.8, 4) is 11.5 Å². The minimum absolute atomic E-state index is 0.164. The van der Waals surface area contributed by atoms with Crippen molar-refractivity contribution in [1.29, 1.82) is 0 Å². The number of fused-ring (bicyclic) bond motifs is 1. The average molecular weight is 474 g/mol. The smallest absolute Gasteiger partial charge is 0.261 e. The molecule has 0 radical (unpaired) electrons. The molecule has 10 heteroatoms. The fourth-order valence-electron chi connectivity index (χ4n) is 3.46. The summed E-state index contributed by atoms with van der Waals surface area (Å²) in [5, 5.41) is 3.30. The highest BCUT2D eigenvalue weighted by molar-refractivity contribution is 7.90. The Morgan fingerprint density at radius 3 is 2.36 bits per heavy atom. The van der Waals surface area contributed by atoms with Crippen LogP contribution in [0.4, 0.5) is 0 Å². The van der Waals surface area contributed by atoms with Crippen LogP contribution in [0.2, 0.25) is 0 Å². The first kappa shape index (κ1) is 24.2. The van der Waals surface area contributed by atoms with E-state index in [4.69, 9.17) is 9.47 Å². The van der Waals surface area contributed by atoms with Gasteiger partial charge in [0, 0.05) is 25.3 Å². The Labute approximate surface area is 192 Å². The van der Waals surface area contributed by atoms with Gasteiger partial charge in [0.2, 0.25) is 5.91 Å². The number of carbonyl (C=O) groups is 1. The summed E-state index contributed by atoms with van der Waals surface area (Å²) < 4.78 is 35.1. The SMILES string of the molecule is COc1cc2ncn(CCCC(=O)N[C@@H](C)c3ccc(S(C)(=O)=O)cc3)c(=O)c2cc1OC. The molecule has 0 saturated heterocycles. The number of benzene rings is 2. The Bertz CT molecular complexity index is 1320. The number of hydrogen-bond donors (Lipinski definition) is 1. The third-order valence-corrected chi connectivity index (χ3v) is 6.45. The van der Waals surface area contributed by atoms with Crippen molar-refractivity contribution in [2.24, 2.45) is 0 Å². The molecule has 1 N–H and O–H groups in total. The summed E-state index contributed by atoms with van der Waals surface area (Å²) in [4.78, 5) is 29.7. The molecule has 0 aliphatic carbocycles. The van der Waals surface area contributed by atoms with Crippen molar-refractivity contribution < 1.29 is 22.7 Å². The first-order valence-corrected chi connectivity index (χ1v) is 12.2. The molecule has 1 aromatic heterocycles. The molecule has 0 aliphatic heterocycles. The first-order valence-electron chi connectivity index (χ1n) is 10.3. The zero-order valence-electron chi connectivity index (χ0n) is 19.0. The summed E-state index contributed by atoms with van der Waals surface area (Å²) in [6, 6.07) is 9.39. The van der Waals surface area contributed by atoms with Gasteiger partial charge in [0.25, 0.3) is 5.56 Å². The topological polar surface area (TPSA) is 117 Å². The second-order valence-electron chi connectivity index (χ2n) is 7.70. The van der Waals surface area contributed by atoms with E-state index in [1.165, 1.54) is 37.2 Å². The molecule has 3 aromatic rings. The second-order valence-corrected chi connectivity index (χ2v) is 9.72. The maximum absolute atomic E-state index is 12.8. The highest BCUT2D eigenvalue weighted by atomic mass is 32.2. The number of aryl methyl sites for hydroxylation is 1. The minimum Gasteiger partial charge on any atom is -0.493 e. The number of ether oxygens (including phenoxy) is 2. The van der Waals surface area contributed by atoms with Crippen LogP contribution in [0.1, 0.15) is 31.4 Å². The molecule has 0 unspecified atom stereocenters. The third kappa shape index (κ3) is 5.70. The van der Waals surface area contributed by atoms with Gasteiger partial charge in [0.15, 0.2) is 21.3 Å². The zero-order valence-corrected chi connectivity index (χ0v) is 19.8. The number of rotatable bonds is 9. The summed E-state index contributed by atoms with van der Waals surface area (Å²) in [6.07, 6.45) is 3.28. The number of methoxy groups -OCH3 is 2. The first-order chi connectivity index (χ1) is 15.6. The van der Waals surface area contributed by atoms with Crippen LogP contribution in [0.25, 0.3) is 10.9 Å². The molecule has 0 aliphatic rings. The number of aromatic nitrogens is 2. The van der Waals surface area contributed by atoms with E-state index in [1.807, 2.05) is 6.92 Å². The molecule has 176 valence electrons. The lowest BCUT2D eigenvalue weighted by Gasteiger charge is -2.15. The predicted molar refractivity (Wildman–Crippen MR) is 124 cm³/mol. The van der Waals surface area contributed by atoms with Crippen molar-refractivity contribution in [2.45, 2.75) is 37.2 Å². The lowest BCUT2D eigenvalue weighted by molar-refractivity contribution is -0.121. The van der Waals surface area contributed by atoms with Crippen LogP contribution in [0.15, 0.2) is 52.4 Å². The Hall–Kier alpha value is -3.40. The van der Waals surface area contributed by atoms with Crippen LogP contribution in [-0.4, -0.2) is 44.4 Å². The van der Waals surface area contributed by atoms with E-state index >= 15 is 0 Å². The van der Waals surface area contributed by atoms with Gasteiger partial charge in [-0.1, -0.05) is 12.1 Å². The van der Waals surface area contributed by atoms with Gasteiger partial charge in [0.1, 0.15) is 0 Å². The molecule has 1 amide bonds. The fraction of sp³-hybridized carbons (Fsp3) is 0.348. The molecule has 0 bridgehead atoms. The van der Waals surface area contributed by atoms with Gasteiger partial charge in [-0.15, -0.1) is 0 Å². The Kier molecular flexibility index (Phi) is 7.37. The highest BCUT2D eigenvalue weighted by Crippen LogP contribution is 2.29. The minimum atomic E-state index is -3.27. The number of nitrogens with zero attached hydrogens (tertiary/aromatic N) is 2. The molecular formula is C23H27N3O6S. The molecular weight excluding hydrogens is 446 g/mol. The van der Waals surface area contributed by atoms with Crippen molar-refractivity contribution in [3.63, 3.8) is 0 Å². The predicted octanol–water partition coefficient (Wildman–Crippen LogP) is 2.47. The maximum atomic E-state index is 12.8. The Morgan fingerprint density at radius 2 is 1.76 bits per heavy atom. The molecule has 0 saturated carbocycles. The third-order valence-electron chi connectivity index (χ3n) is 5.32. The van der Waals surface area contributed by atoms with E-state index in [0.29, 0.717) is 35.4 Å². The van der Waals surface area contributed by atoms with Crippen LogP contribution in [0.5, 0.6) is 11.5 Å². The molecule has 3 rings (SSSR count). The van der Waals surface area contributed by atoms with Gasteiger partial charge in [-0.2, -0.15) is 0 Å². The Balaban J connectivity index is 1.61. The number of carbonyl (C=O) groups excluding carboxylic acids is 1. The maximum Gasteiger partial charge on any atom is 0.261 e. The van der Waals surface area contributed by atoms with Crippen LogP contribution >= 0.6 is 0 Å². The summed E-state index contributed by atoms with van der Waals surface area (Å²) >= 11 is 0. The number of hydrogen-bond acceptors (Lipinski definition) is 7. The molecule has 33 heavy (non-hydrogen) atoms. The molecule has 2 aromatic carbocycles. The molecule has 1 atom stereocenters. The van der Waals surface area contributed by atoms with Crippen molar-refractivity contribution in [3.05, 3.63) is 58.6 Å². The van der Waals surface area contributed by atoms with Crippen molar-refractivity contribution >= 4 is 26.6 Å². The van der Waals surface area contributed by atoms with E-state index in [2.05, 4.69) is 10.3 Å². The van der Waals surface area contributed by atoms with E-state index in [9.17, 15) is 18.0 Å². The quantitative estimate of drug-likeness (QED) is 0.507. The van der Waals surface area contributed by atoms with Gasteiger partial charge >= 0.3 is 0 Å². The van der Waals surface area contributed by atoms with Crippen LogP contribution in [-0.2, 0) is 21.2 Å². The van der Waals surface area contributed by atoms with E-state index < -0.39 is 9.84 Å². The van der Waals surface area contributed by atoms with Gasteiger partial charge in [-0.3, -0.25) is 14.2 Å². The average Bonchev–Trinajstić information content (AvgIpc) is 2.79. The summed E-state index contributed by atoms with van der Waals surface area (Å²) in [7, 11) is -0.252. The second kappa shape index (κ2) is 10.0. The largest absolute Gasteiger partial charge is 0.493 e. The normalized spacial score (nSPS) is 12.4. The van der Waals surface area contributed by atoms with Crippen LogP contribution in [0, 0.1) is 0 Å². The van der Waals surface area contributed by atoms with Gasteiger partial charge < -0.3 is 14.8 Å². The van der Waals surface area contributed by atoms with Crippen LogP contribution < -0.4 is 20.3 Å². The van der Waals surface area contributed by atoms with E-state index in [1.54, 1.807) is 24.3 Å². The number of nitrogens with one attached hydrogen (secondary N) is 1. The Morgan fingerprint density at radius 1 is 1.12 bits per heavy atom. The molecule has 0 spiro atoms.